The van der Waals surface area contributed by atoms with E-state index in [4.69, 9.17) is 9.90 Å². The van der Waals surface area contributed by atoms with Gasteiger partial charge in [-0.15, -0.1) is 0 Å². The van der Waals surface area contributed by atoms with Gasteiger partial charge in [-0.2, -0.15) is 0 Å². The normalized spacial score (nSPS) is 2.78. The van der Waals surface area contributed by atoms with Crippen molar-refractivity contribution < 1.29 is 54.2 Å². The van der Waals surface area contributed by atoms with Gasteiger partial charge in [0.2, 0.25) is 0 Å². The fourth-order valence-corrected chi connectivity index (χ4v) is 0. The Kier molecular flexibility index (Phi) is 301. The van der Waals surface area contributed by atoms with Crippen LogP contribution >= 0.6 is 0 Å². The first-order valence-electron chi connectivity index (χ1n) is 0.908. The van der Waals surface area contributed by atoms with Crippen LogP contribution in [0.3, 0.4) is 0 Å². The molecule has 0 aromatic carbocycles. The largest absolute Gasteiger partial charge is 1.00 e. The van der Waals surface area contributed by atoms with Gasteiger partial charge >= 0.3 is 22.4 Å². The maximum absolute atomic E-state index is 8.89. The molecule has 0 bridgehead atoms. The Morgan fingerprint density at radius 2 is 1.11 bits per heavy atom. The van der Waals surface area contributed by atoms with Gasteiger partial charge in [0, 0.05) is 5.97 Å². The zero-order chi connectivity index (χ0) is 3.58. The summed E-state index contributed by atoms with van der Waals surface area (Å²) in [7, 11) is 0. The first-order valence-corrected chi connectivity index (χ1v) is 0.908. The van der Waals surface area contributed by atoms with E-state index in [1.807, 2.05) is 0 Å². The van der Waals surface area contributed by atoms with Gasteiger partial charge in [-0.25, -0.2) is 0 Å². The third-order valence-corrected chi connectivity index (χ3v) is 0. The average Bonchev–Trinajstić information content (AvgIpc) is 0.811. The van der Waals surface area contributed by atoms with Crippen molar-refractivity contribution in [2.75, 3.05) is 0 Å². The molecule has 0 aromatic rings. The van der Waals surface area contributed by atoms with E-state index in [9.17, 15) is 0 Å². The van der Waals surface area contributed by atoms with Crippen LogP contribution in [-0.4, -0.2) is 27.9 Å². The molecule has 9 heavy (non-hydrogen) atoms. The Morgan fingerprint density at radius 1 is 1.11 bits per heavy atom. The summed E-state index contributed by atoms with van der Waals surface area (Å²) in [6.07, 6.45) is 0. The summed E-state index contributed by atoms with van der Waals surface area (Å²) in [4.78, 5) is 8.89. The van der Waals surface area contributed by atoms with Gasteiger partial charge in [-0.1, -0.05) is 0 Å². The number of carbonyl (C=O) groups excluding carboxylic acids is 1. The second-order valence-electron chi connectivity index (χ2n) is 0.492. The van der Waals surface area contributed by atoms with Gasteiger partial charge in [0.25, 0.3) is 0 Å². The van der Waals surface area contributed by atoms with Crippen molar-refractivity contribution >= 4 is 5.97 Å². The predicted octanol–water partition coefficient (Wildman–Crippen LogP) is -4.55. The zero-order valence-corrected chi connectivity index (χ0v) is 6.10. The van der Waals surface area contributed by atoms with E-state index in [2.05, 4.69) is 0 Å². The van der Waals surface area contributed by atoms with Crippen molar-refractivity contribution in [2.24, 2.45) is 0 Å². The zero-order valence-electron chi connectivity index (χ0n) is 4.62. The molecule has 6 nitrogen and oxygen atoms in total. The molecule has 0 spiro atoms. The number of hydrogen-bond donors (Lipinski definition) is 0. The van der Waals surface area contributed by atoms with E-state index >= 15 is 0 Å². The summed E-state index contributed by atoms with van der Waals surface area (Å²) < 4.78 is 0. The van der Waals surface area contributed by atoms with Crippen LogP contribution in [0.2, 0.25) is 0 Å². The summed E-state index contributed by atoms with van der Waals surface area (Å²) in [5.41, 5.74) is 0. The molecule has 8 N–H and O–H groups in total. The van der Waals surface area contributed by atoms with Crippen LogP contribution < -0.4 is 5.11 Å². The average molecular weight is 239 g/mol. The minimum absolute atomic E-state index is 0. The van der Waals surface area contributed by atoms with Crippen molar-refractivity contribution in [3.05, 3.63) is 0 Å². The van der Waals surface area contributed by atoms with Crippen LogP contribution in [0.1, 0.15) is 6.92 Å². The number of carbonyl (C=O) groups is 1. The molecule has 0 aliphatic carbocycles. The van der Waals surface area contributed by atoms with Crippen molar-refractivity contribution in [3.8, 4) is 0 Å². The summed E-state index contributed by atoms with van der Waals surface area (Å²) >= 11 is 0. The quantitative estimate of drug-likeness (QED) is 0.388. The van der Waals surface area contributed by atoms with E-state index in [0.29, 0.717) is 0 Å². The molecule has 66 valence electrons. The van der Waals surface area contributed by atoms with E-state index in [1.165, 1.54) is 0 Å². The minimum Gasteiger partial charge on any atom is -0.550 e. The van der Waals surface area contributed by atoms with Crippen LogP contribution in [0.5, 0.6) is 0 Å². The van der Waals surface area contributed by atoms with Crippen LogP contribution in [-0.2, 0) is 27.2 Å². The fourth-order valence-electron chi connectivity index (χ4n) is 0. The first kappa shape index (κ1) is 63.0. The molecule has 0 aliphatic heterocycles. The van der Waals surface area contributed by atoms with Gasteiger partial charge in [0.05, 0.1) is 0 Å². The maximum Gasteiger partial charge on any atom is 1.00 e. The maximum atomic E-state index is 8.89. The third-order valence-electron chi connectivity index (χ3n) is 0. The molecule has 0 aliphatic rings. The van der Waals surface area contributed by atoms with Gasteiger partial charge in [-0.05, 0) is 6.92 Å². The van der Waals surface area contributed by atoms with Crippen molar-refractivity contribution in [1.29, 1.82) is 0 Å². The Morgan fingerprint density at radius 3 is 1.11 bits per heavy atom. The molecule has 0 heterocycles. The van der Waals surface area contributed by atoms with Crippen LogP contribution in [0.15, 0.2) is 0 Å². The SMILES string of the molecule is CC(=O)[O-].O.O.O.O.[Ag+]. The molecular weight excluding hydrogens is 228 g/mol. The van der Waals surface area contributed by atoms with E-state index in [0.717, 1.165) is 6.92 Å². The Hall–Kier alpha value is 0.0503. The van der Waals surface area contributed by atoms with Crippen molar-refractivity contribution in [1.82, 2.24) is 0 Å². The predicted molar refractivity (Wildman–Crippen MR) is 25.1 cm³/mol. The van der Waals surface area contributed by atoms with Gasteiger partial charge in [-0.3, -0.25) is 0 Å². The van der Waals surface area contributed by atoms with Gasteiger partial charge < -0.3 is 31.8 Å². The van der Waals surface area contributed by atoms with E-state index in [1.54, 1.807) is 0 Å². The molecule has 0 fully saturated rings. The number of carboxylic acids is 1. The van der Waals surface area contributed by atoms with Gasteiger partial charge in [0.1, 0.15) is 0 Å². The van der Waals surface area contributed by atoms with Crippen LogP contribution in [0.4, 0.5) is 0 Å². The van der Waals surface area contributed by atoms with Gasteiger partial charge in [0.15, 0.2) is 0 Å². The minimum atomic E-state index is -1.08. The van der Waals surface area contributed by atoms with Crippen LogP contribution in [0.25, 0.3) is 0 Å². The molecule has 7 heteroatoms. The molecule has 0 radical (unpaired) electrons. The van der Waals surface area contributed by atoms with E-state index < -0.39 is 5.97 Å². The summed E-state index contributed by atoms with van der Waals surface area (Å²) in [6, 6.07) is 0. The first-order chi connectivity index (χ1) is 1.73. The number of carboxylic acid groups (broad SMARTS) is 1. The standard InChI is InChI=1S/C2H4O2.Ag.4H2O/c1-2(3)4;;;;;/h1H3,(H,3,4);;4*1H2/q;+1;;;;/p-1. The Balaban J connectivity index is -0.00000000450. The summed E-state index contributed by atoms with van der Waals surface area (Å²) in [5, 5.41) is 8.89. The number of hydrogen-bond acceptors (Lipinski definition) is 2. The second-order valence-corrected chi connectivity index (χ2v) is 0.492. The van der Waals surface area contributed by atoms with Crippen LogP contribution in [0, 0.1) is 0 Å². The Labute approximate surface area is 67.6 Å². The summed E-state index contributed by atoms with van der Waals surface area (Å²) in [5.74, 6) is -1.08. The molecule has 0 amide bonds. The number of rotatable bonds is 0. The molecule has 0 unspecified atom stereocenters. The van der Waals surface area contributed by atoms with Crippen molar-refractivity contribution in [3.63, 3.8) is 0 Å². The molecule has 0 aromatic heterocycles. The molecule has 0 atom stereocenters. The number of aliphatic carboxylic acids is 1. The summed E-state index contributed by atoms with van der Waals surface area (Å²) in [6.45, 7) is 0.972. The fraction of sp³-hybridized carbons (Fsp3) is 0.500. The molecule has 0 rings (SSSR count). The Bertz CT molecular complexity index is 34.0. The van der Waals surface area contributed by atoms with Crippen molar-refractivity contribution in [2.45, 2.75) is 6.92 Å². The monoisotopic (exact) mass is 238 g/mol. The molecular formula is C2H11AgO6. The molecule has 0 saturated carbocycles. The van der Waals surface area contributed by atoms with E-state index in [-0.39, 0.29) is 44.3 Å². The third kappa shape index (κ3) is 117000. The smallest absolute Gasteiger partial charge is 0.550 e. The topological polar surface area (TPSA) is 166 Å². The molecule has 0 saturated heterocycles. The second kappa shape index (κ2) is 43.0.